The van der Waals surface area contributed by atoms with E-state index in [4.69, 9.17) is 11.2 Å². The second kappa shape index (κ2) is 8.49. The van der Waals surface area contributed by atoms with Crippen LogP contribution >= 0.6 is 0 Å². The lowest BCUT2D eigenvalue weighted by atomic mass is 9.84. The van der Waals surface area contributed by atoms with Gasteiger partial charge in [0.15, 0.2) is 0 Å². The number of fused-ring (bicyclic) bond motifs is 1. The number of aliphatic carboxylic acids is 1. The molecule has 0 aliphatic heterocycles. The number of carbonyl (C=O) groups is 3. The molecule has 0 aromatic heterocycles. The standard InChI is InChI=1S/C21H21NO5/c23-19(24)12-22-20(25)17-6-3-7-18(11-17)21(26)27-13-14-8-9-15-4-1-2-5-16(15)10-14/h1-7,11,14H,8-10,12-13H2,(H,22,25)(H,23,24)/i4D. The van der Waals surface area contributed by atoms with E-state index in [1.54, 1.807) is 18.2 Å². The number of carboxylic acid groups (broad SMARTS) is 1. The number of nitrogens with one attached hydrogen (secondary N) is 1. The predicted molar refractivity (Wildman–Crippen MR) is 98.7 cm³/mol. The highest BCUT2D eigenvalue weighted by Crippen LogP contribution is 2.25. The molecule has 0 saturated carbocycles. The van der Waals surface area contributed by atoms with Gasteiger partial charge >= 0.3 is 11.9 Å². The molecule has 3 rings (SSSR count). The number of carboxylic acids is 1. The van der Waals surface area contributed by atoms with E-state index >= 15 is 0 Å². The van der Waals surface area contributed by atoms with Crippen molar-refractivity contribution >= 4 is 17.8 Å². The fourth-order valence-electron chi connectivity index (χ4n) is 3.16. The molecular weight excluding hydrogens is 346 g/mol. The molecule has 6 heteroatoms. The van der Waals surface area contributed by atoms with Crippen LogP contribution in [0.3, 0.4) is 0 Å². The summed E-state index contributed by atoms with van der Waals surface area (Å²) in [6.07, 6.45) is 2.43. The summed E-state index contributed by atoms with van der Waals surface area (Å²) < 4.78 is 13.4. The smallest absolute Gasteiger partial charge is 0.338 e. The quantitative estimate of drug-likeness (QED) is 0.764. The summed E-state index contributed by atoms with van der Waals surface area (Å²) in [5.41, 5.74) is 2.65. The monoisotopic (exact) mass is 368 g/mol. The molecule has 0 radical (unpaired) electrons. The normalized spacial score (nSPS) is 16.0. The Morgan fingerprint density at radius 3 is 2.78 bits per heavy atom. The molecule has 1 aliphatic rings. The Hall–Kier alpha value is -3.15. The molecule has 1 aliphatic carbocycles. The third-order valence-electron chi connectivity index (χ3n) is 4.56. The van der Waals surface area contributed by atoms with Crippen LogP contribution in [0.25, 0.3) is 0 Å². The van der Waals surface area contributed by atoms with E-state index in [0.29, 0.717) is 6.04 Å². The van der Waals surface area contributed by atoms with E-state index in [0.717, 1.165) is 30.4 Å². The van der Waals surface area contributed by atoms with Crippen LogP contribution in [0.15, 0.2) is 48.5 Å². The van der Waals surface area contributed by atoms with Crippen molar-refractivity contribution in [1.29, 1.82) is 0 Å². The minimum Gasteiger partial charge on any atom is -0.480 e. The lowest BCUT2D eigenvalue weighted by Gasteiger charge is -2.24. The molecule has 0 heterocycles. The number of amides is 1. The SMILES string of the molecule is [2H]c1cccc2c1CCC(COC(=O)c1cccc(C(=O)NCC(=O)O)c1)C2. The van der Waals surface area contributed by atoms with E-state index in [-0.39, 0.29) is 23.7 Å². The number of rotatable bonds is 6. The summed E-state index contributed by atoms with van der Waals surface area (Å²) in [5, 5.41) is 10.9. The maximum Gasteiger partial charge on any atom is 0.338 e. The van der Waals surface area contributed by atoms with Gasteiger partial charge in [-0.25, -0.2) is 4.79 Å². The lowest BCUT2D eigenvalue weighted by molar-refractivity contribution is -0.135. The van der Waals surface area contributed by atoms with Crippen LogP contribution in [0.5, 0.6) is 0 Å². The first-order valence-electron chi connectivity index (χ1n) is 9.28. The average Bonchev–Trinajstić information content (AvgIpc) is 2.70. The zero-order valence-corrected chi connectivity index (χ0v) is 14.7. The highest BCUT2D eigenvalue weighted by atomic mass is 16.5. The van der Waals surface area contributed by atoms with E-state index in [1.807, 2.05) is 12.1 Å². The van der Waals surface area contributed by atoms with Crippen molar-refractivity contribution in [2.24, 2.45) is 5.92 Å². The summed E-state index contributed by atoms with van der Waals surface area (Å²) in [7, 11) is 0. The van der Waals surface area contributed by atoms with Gasteiger partial charge in [-0.15, -0.1) is 0 Å². The van der Waals surface area contributed by atoms with Crippen LogP contribution in [0.2, 0.25) is 0 Å². The van der Waals surface area contributed by atoms with E-state index in [2.05, 4.69) is 5.32 Å². The predicted octanol–water partition coefficient (Wildman–Crippen LogP) is 2.46. The van der Waals surface area contributed by atoms with Gasteiger partial charge in [0, 0.05) is 5.56 Å². The van der Waals surface area contributed by atoms with Crippen molar-refractivity contribution < 1.29 is 25.6 Å². The number of carbonyl (C=O) groups excluding carboxylic acids is 2. The summed E-state index contributed by atoms with van der Waals surface area (Å²) in [5.74, 6) is -2.03. The van der Waals surface area contributed by atoms with Gasteiger partial charge in [-0.3, -0.25) is 9.59 Å². The highest BCUT2D eigenvalue weighted by molar-refractivity contribution is 5.98. The summed E-state index contributed by atoms with van der Waals surface area (Å²) in [4.78, 5) is 34.8. The number of ether oxygens (including phenoxy) is 1. The van der Waals surface area contributed by atoms with Crippen molar-refractivity contribution in [1.82, 2.24) is 5.32 Å². The number of benzene rings is 2. The van der Waals surface area contributed by atoms with Gasteiger partial charge in [0.1, 0.15) is 6.54 Å². The number of hydrogen-bond donors (Lipinski definition) is 2. The molecule has 0 spiro atoms. The van der Waals surface area contributed by atoms with E-state index in [9.17, 15) is 14.4 Å². The molecule has 0 saturated heterocycles. The average molecular weight is 368 g/mol. The summed E-state index contributed by atoms with van der Waals surface area (Å²) in [6, 6.07) is 12.2. The first-order chi connectivity index (χ1) is 13.4. The Balaban J connectivity index is 1.57. The first-order valence-corrected chi connectivity index (χ1v) is 8.78. The lowest BCUT2D eigenvalue weighted by Crippen LogP contribution is -2.29. The Morgan fingerprint density at radius 1 is 1.15 bits per heavy atom. The zero-order chi connectivity index (χ0) is 20.1. The van der Waals surface area contributed by atoms with Crippen molar-refractivity contribution in [3.63, 3.8) is 0 Å². The molecule has 2 aromatic carbocycles. The van der Waals surface area contributed by atoms with Crippen molar-refractivity contribution in [3.05, 3.63) is 70.8 Å². The van der Waals surface area contributed by atoms with Crippen molar-refractivity contribution in [2.75, 3.05) is 13.2 Å². The second-order valence-electron chi connectivity index (χ2n) is 6.54. The Labute approximate surface area is 158 Å². The van der Waals surface area contributed by atoms with Gasteiger partial charge in [-0.1, -0.05) is 30.3 Å². The summed E-state index contributed by atoms with van der Waals surface area (Å²) >= 11 is 0. The highest BCUT2D eigenvalue weighted by Gasteiger charge is 2.20. The molecule has 2 N–H and O–H groups in total. The van der Waals surface area contributed by atoms with Gasteiger partial charge in [-0.05, 0) is 54.5 Å². The zero-order valence-electron chi connectivity index (χ0n) is 15.7. The second-order valence-corrected chi connectivity index (χ2v) is 6.54. The minimum atomic E-state index is -1.14. The fourth-order valence-corrected chi connectivity index (χ4v) is 3.16. The van der Waals surface area contributed by atoms with Gasteiger partial charge < -0.3 is 15.2 Å². The molecule has 27 heavy (non-hydrogen) atoms. The van der Waals surface area contributed by atoms with Crippen LogP contribution in [-0.4, -0.2) is 36.1 Å². The molecule has 1 amide bonds. The van der Waals surface area contributed by atoms with Crippen LogP contribution < -0.4 is 5.32 Å². The van der Waals surface area contributed by atoms with Crippen molar-refractivity contribution in [3.8, 4) is 0 Å². The largest absolute Gasteiger partial charge is 0.480 e. The molecular formula is C21H21NO5. The first kappa shape index (κ1) is 17.3. The molecule has 2 aromatic rings. The summed E-state index contributed by atoms with van der Waals surface area (Å²) in [6.45, 7) is -0.216. The van der Waals surface area contributed by atoms with E-state index < -0.39 is 24.4 Å². The molecule has 6 nitrogen and oxygen atoms in total. The Kier molecular flexibility index (Phi) is 5.43. The van der Waals surface area contributed by atoms with Gasteiger partial charge in [0.25, 0.3) is 5.91 Å². The van der Waals surface area contributed by atoms with Gasteiger partial charge in [0.05, 0.1) is 13.5 Å². The Bertz CT molecular complexity index is 911. The fraction of sp³-hybridized carbons (Fsp3) is 0.286. The minimum absolute atomic E-state index is 0.195. The van der Waals surface area contributed by atoms with E-state index in [1.165, 1.54) is 12.1 Å². The third-order valence-corrected chi connectivity index (χ3v) is 4.56. The van der Waals surface area contributed by atoms with Crippen LogP contribution in [0.1, 0.15) is 39.6 Å². The topological polar surface area (TPSA) is 92.7 Å². The molecule has 0 fully saturated rings. The maximum absolute atomic E-state index is 12.3. The van der Waals surface area contributed by atoms with Crippen LogP contribution in [0.4, 0.5) is 0 Å². The molecule has 0 bridgehead atoms. The van der Waals surface area contributed by atoms with Crippen LogP contribution in [0, 0.1) is 5.92 Å². The Morgan fingerprint density at radius 2 is 1.96 bits per heavy atom. The van der Waals surface area contributed by atoms with Gasteiger partial charge in [0.2, 0.25) is 0 Å². The van der Waals surface area contributed by atoms with Crippen LogP contribution in [-0.2, 0) is 22.4 Å². The third kappa shape index (κ3) is 4.94. The number of hydrogen-bond acceptors (Lipinski definition) is 4. The van der Waals surface area contributed by atoms with Crippen molar-refractivity contribution in [2.45, 2.75) is 19.3 Å². The van der Waals surface area contributed by atoms with Gasteiger partial charge in [-0.2, -0.15) is 0 Å². The molecule has 1 atom stereocenters. The maximum atomic E-state index is 12.3. The molecule has 140 valence electrons. The number of esters is 1. The molecule has 1 unspecified atom stereocenters.